The van der Waals surface area contributed by atoms with Gasteiger partial charge in [-0.15, -0.1) is 0 Å². The lowest BCUT2D eigenvalue weighted by molar-refractivity contribution is 1.50. The summed E-state index contributed by atoms with van der Waals surface area (Å²) in [6.45, 7) is 0. The van der Waals surface area contributed by atoms with Crippen molar-refractivity contribution < 1.29 is 0 Å². The number of benzene rings is 4. The summed E-state index contributed by atoms with van der Waals surface area (Å²) < 4.78 is 2.28. The van der Waals surface area contributed by atoms with Crippen LogP contribution in [-0.2, 0) is 0 Å². The third-order valence-electron chi connectivity index (χ3n) is 4.98. The van der Waals surface area contributed by atoms with E-state index in [1.807, 2.05) is 24.3 Å². The van der Waals surface area contributed by atoms with Crippen LogP contribution in [0.25, 0.3) is 44.7 Å². The van der Waals surface area contributed by atoms with E-state index in [0.29, 0.717) is 0 Å². The van der Waals surface area contributed by atoms with Crippen LogP contribution in [0.5, 0.6) is 0 Å². The molecule has 0 N–H and O–H groups in total. The largest absolute Gasteiger partial charge is 0.281 e. The van der Waals surface area contributed by atoms with Crippen molar-refractivity contribution in [3.05, 3.63) is 95.0 Å². The highest BCUT2D eigenvalue weighted by Gasteiger charge is 2.12. The monoisotopic (exact) mass is 479 g/mol. The maximum Gasteiger partial charge on any atom is 0.0668 e. The van der Waals surface area contributed by atoms with Crippen molar-refractivity contribution in [1.82, 2.24) is 2.78 Å². The van der Waals surface area contributed by atoms with Crippen molar-refractivity contribution in [3.63, 3.8) is 0 Å². The second-order valence-electron chi connectivity index (χ2n) is 6.60. The van der Waals surface area contributed by atoms with E-state index in [9.17, 15) is 0 Å². The third-order valence-corrected chi connectivity index (χ3v) is 6.33. The second kappa shape index (κ2) is 6.70. The van der Waals surface area contributed by atoms with Gasteiger partial charge in [0.15, 0.2) is 0 Å². The first-order valence-electron chi connectivity index (χ1n) is 8.77. The molecule has 5 rings (SSSR count). The fourth-order valence-corrected chi connectivity index (χ4v) is 4.76. The Balaban J connectivity index is 1.70. The molecule has 0 fully saturated rings. The number of hydrogen-bond donors (Lipinski definition) is 0. The molecule has 5 aromatic rings. The van der Waals surface area contributed by atoms with E-state index < -0.39 is 0 Å². The predicted octanol–water partition coefficient (Wildman–Crippen LogP) is 7.97. The molecule has 0 atom stereocenters. The van der Waals surface area contributed by atoms with E-state index >= 15 is 0 Å². The van der Waals surface area contributed by atoms with Crippen LogP contribution in [0.4, 0.5) is 0 Å². The summed E-state index contributed by atoms with van der Waals surface area (Å²) >= 11 is 8.68. The number of halogens is 2. The predicted molar refractivity (Wildman–Crippen MR) is 127 cm³/mol. The molecule has 0 amide bonds. The van der Waals surface area contributed by atoms with Crippen LogP contribution in [0.3, 0.4) is 0 Å². The summed E-state index contributed by atoms with van der Waals surface area (Å²) in [5.41, 5.74) is 4.69. The van der Waals surface area contributed by atoms with Gasteiger partial charge in [-0.05, 0) is 28.6 Å². The molecule has 3 heteroatoms. The fraction of sp³-hybridized carbons (Fsp3) is 0. The Morgan fingerprint density at radius 2 is 1.52 bits per heavy atom. The van der Waals surface area contributed by atoms with Gasteiger partial charge in [0.2, 0.25) is 0 Å². The van der Waals surface area contributed by atoms with Crippen LogP contribution in [0.15, 0.2) is 78.9 Å². The maximum absolute atomic E-state index is 6.26. The Hall–Kier alpha value is -2.30. The minimum atomic E-state index is 0.768. The molecule has 0 aliphatic carbocycles. The molecule has 0 bridgehead atoms. The summed E-state index contributed by atoms with van der Waals surface area (Å²) in [5, 5.41) is 5.89. The molecule has 0 spiro atoms. The molecule has 4 aromatic carbocycles. The van der Waals surface area contributed by atoms with Gasteiger partial charge in [-0.25, -0.2) is 0 Å². The van der Waals surface area contributed by atoms with Crippen LogP contribution in [-0.4, -0.2) is 2.78 Å². The van der Waals surface area contributed by atoms with E-state index in [1.165, 1.54) is 32.6 Å². The summed E-state index contributed by atoms with van der Waals surface area (Å²) in [5.74, 6) is 0. The Kier molecular flexibility index (Phi) is 4.18. The second-order valence-corrected chi connectivity index (χ2v) is 7.97. The maximum atomic E-state index is 6.26. The molecule has 0 aliphatic rings. The normalized spacial score (nSPS) is 11.9. The minimum absolute atomic E-state index is 0.768. The summed E-state index contributed by atoms with van der Waals surface area (Å²) in [4.78, 5) is 0. The van der Waals surface area contributed by atoms with Crippen LogP contribution in [0.2, 0.25) is 5.02 Å². The van der Waals surface area contributed by atoms with Gasteiger partial charge in [0.05, 0.1) is 33.9 Å². The quantitative estimate of drug-likeness (QED) is 0.179. The van der Waals surface area contributed by atoms with Gasteiger partial charge in [-0.1, -0.05) is 90.5 Å². The van der Waals surface area contributed by atoms with Gasteiger partial charge in [0.1, 0.15) is 0 Å². The molecule has 0 aliphatic heterocycles. The first-order chi connectivity index (χ1) is 13.2. The van der Waals surface area contributed by atoms with E-state index in [0.717, 1.165) is 16.1 Å². The van der Waals surface area contributed by atoms with Gasteiger partial charge in [-0.3, -0.25) is 2.78 Å². The number of fused-ring (bicyclic) bond motifs is 5. The highest BCUT2D eigenvalue weighted by atomic mass is 127. The molecular formula is C24H15ClIN. The van der Waals surface area contributed by atoms with E-state index in [2.05, 4.69) is 92.4 Å². The van der Waals surface area contributed by atoms with Crippen molar-refractivity contribution in [1.29, 1.82) is 0 Å². The zero-order valence-electron chi connectivity index (χ0n) is 14.4. The van der Waals surface area contributed by atoms with Crippen molar-refractivity contribution in [3.8, 4) is 0 Å². The zero-order valence-corrected chi connectivity index (χ0v) is 17.3. The molecule has 0 unspecified atom stereocenters. The molecule has 0 saturated carbocycles. The minimum Gasteiger partial charge on any atom is -0.281 e. The topological polar surface area (TPSA) is 4.93 Å². The average Bonchev–Trinajstić information content (AvgIpc) is 3.00. The smallest absolute Gasteiger partial charge is 0.0668 e. The number of rotatable bonds is 2. The van der Waals surface area contributed by atoms with Crippen LogP contribution >= 0.6 is 34.5 Å². The Bertz CT molecular complexity index is 1350. The highest BCUT2D eigenvalue weighted by Crippen LogP contribution is 2.36. The highest BCUT2D eigenvalue weighted by molar-refractivity contribution is 14.1. The number of hydrogen-bond acceptors (Lipinski definition) is 0. The lowest BCUT2D eigenvalue weighted by Crippen LogP contribution is -1.81. The molecule has 0 radical (unpaired) electrons. The summed E-state index contributed by atoms with van der Waals surface area (Å²) in [6.07, 6.45) is 4.19. The van der Waals surface area contributed by atoms with Crippen LogP contribution in [0.1, 0.15) is 11.1 Å². The van der Waals surface area contributed by atoms with Crippen molar-refractivity contribution in [2.24, 2.45) is 0 Å². The van der Waals surface area contributed by atoms with Gasteiger partial charge in [-0.2, -0.15) is 0 Å². The standard InChI is InChI=1S/C24H15ClIN/c25-22-8-4-2-6-18(22)11-9-16-10-13-20-21-14-12-17-5-1-3-7-19(17)24(21)27(26)23(20)15-16/h1-15H/b11-9+. The Morgan fingerprint density at radius 1 is 0.741 bits per heavy atom. The first-order valence-corrected chi connectivity index (χ1v) is 10.1. The molecule has 1 heterocycles. The molecular weight excluding hydrogens is 465 g/mol. The lowest BCUT2D eigenvalue weighted by Gasteiger charge is -2.01. The molecule has 1 aromatic heterocycles. The molecule has 1 nitrogen and oxygen atoms in total. The lowest BCUT2D eigenvalue weighted by atomic mass is 10.0. The number of aromatic nitrogens is 1. The first kappa shape index (κ1) is 16.8. The van der Waals surface area contributed by atoms with Gasteiger partial charge in [0, 0.05) is 21.2 Å². The number of nitrogens with zero attached hydrogens (tertiary/aromatic N) is 1. The third kappa shape index (κ3) is 2.84. The van der Waals surface area contributed by atoms with E-state index in [1.54, 1.807) is 0 Å². The van der Waals surface area contributed by atoms with E-state index in [-0.39, 0.29) is 0 Å². The fourth-order valence-electron chi connectivity index (χ4n) is 3.64. The Morgan fingerprint density at radius 3 is 2.41 bits per heavy atom. The van der Waals surface area contributed by atoms with Gasteiger partial charge >= 0.3 is 0 Å². The summed E-state index contributed by atoms with van der Waals surface area (Å²) in [6, 6.07) is 27.5. The SMILES string of the molecule is Clc1ccccc1/C=C/c1ccc2c3ccc4ccccc4c3n(I)c2c1. The summed E-state index contributed by atoms with van der Waals surface area (Å²) in [7, 11) is 0. The van der Waals surface area contributed by atoms with Gasteiger partial charge < -0.3 is 0 Å². The van der Waals surface area contributed by atoms with Crippen molar-refractivity contribution >= 4 is 79.2 Å². The Labute approximate surface area is 176 Å². The average molecular weight is 480 g/mol. The molecule has 27 heavy (non-hydrogen) atoms. The van der Waals surface area contributed by atoms with Crippen molar-refractivity contribution in [2.45, 2.75) is 0 Å². The van der Waals surface area contributed by atoms with Crippen LogP contribution < -0.4 is 0 Å². The molecule has 0 saturated heterocycles. The van der Waals surface area contributed by atoms with Crippen molar-refractivity contribution in [2.75, 3.05) is 0 Å². The van der Waals surface area contributed by atoms with E-state index in [4.69, 9.17) is 11.6 Å². The zero-order chi connectivity index (χ0) is 18.4. The molecule has 130 valence electrons. The van der Waals surface area contributed by atoms with Crippen LogP contribution in [0, 0.1) is 0 Å². The van der Waals surface area contributed by atoms with Gasteiger partial charge in [0.25, 0.3) is 0 Å².